The highest BCUT2D eigenvalue weighted by molar-refractivity contribution is 6.15. The average molecular weight is 356 g/mol. The molecule has 0 radical (unpaired) electrons. The van der Waals surface area contributed by atoms with Crippen LogP contribution in [0.25, 0.3) is 0 Å². The molecule has 0 N–H and O–H groups in total. The van der Waals surface area contributed by atoms with Gasteiger partial charge in [-0.1, -0.05) is 6.07 Å². The van der Waals surface area contributed by atoms with Crippen LogP contribution in [0.15, 0.2) is 53.6 Å². The first-order valence-corrected chi connectivity index (χ1v) is 7.92. The molecule has 26 heavy (non-hydrogen) atoms. The van der Waals surface area contributed by atoms with E-state index in [-0.39, 0.29) is 12.1 Å². The second-order valence-electron chi connectivity index (χ2n) is 5.68. The maximum Gasteiger partial charge on any atom is 0.318 e. The lowest BCUT2D eigenvalue weighted by atomic mass is 9.94. The summed E-state index contributed by atoms with van der Waals surface area (Å²) in [4.78, 5) is 24.8. The third kappa shape index (κ3) is 3.42. The molecule has 0 aliphatic carbocycles. The number of esters is 1. The summed E-state index contributed by atoms with van der Waals surface area (Å²) in [5, 5.41) is 5.40. The predicted molar refractivity (Wildman–Crippen MR) is 93.5 cm³/mol. The number of rotatable bonds is 4. The van der Waals surface area contributed by atoms with Crippen LogP contribution < -0.4 is 9.75 Å². The first-order chi connectivity index (χ1) is 12.5. The molecule has 2 aromatic rings. The second-order valence-corrected chi connectivity index (χ2v) is 5.68. The van der Waals surface area contributed by atoms with Gasteiger partial charge in [-0.15, -0.1) is 0 Å². The Morgan fingerprint density at radius 1 is 1.19 bits per heavy atom. The molecule has 1 atom stereocenters. The van der Waals surface area contributed by atoms with Gasteiger partial charge in [-0.3, -0.25) is 9.59 Å². The summed E-state index contributed by atoms with van der Waals surface area (Å²) in [5.41, 5.74) is 1.50. The number of methoxy groups -OCH3 is 2. The minimum absolute atomic E-state index is 0.101. The van der Waals surface area contributed by atoms with Gasteiger partial charge >= 0.3 is 5.97 Å². The van der Waals surface area contributed by atoms with Gasteiger partial charge in [-0.2, -0.15) is 10.1 Å². The Kier molecular flexibility index (Phi) is 4.97. The minimum Gasteiger partial charge on any atom is -0.497 e. The molecule has 1 aliphatic heterocycles. The van der Waals surface area contributed by atoms with E-state index in [1.54, 1.807) is 37.4 Å². The van der Waals surface area contributed by atoms with Gasteiger partial charge < -0.3 is 9.47 Å². The van der Waals surface area contributed by atoms with E-state index in [1.165, 1.54) is 25.3 Å². The fourth-order valence-corrected chi connectivity index (χ4v) is 2.72. The summed E-state index contributed by atoms with van der Waals surface area (Å²) in [6.45, 7) is 0. The van der Waals surface area contributed by atoms with Crippen LogP contribution in [-0.4, -0.2) is 31.8 Å². The van der Waals surface area contributed by atoms with Crippen molar-refractivity contribution in [2.45, 2.75) is 6.42 Å². The number of hydrogen-bond donors (Lipinski definition) is 0. The summed E-state index contributed by atoms with van der Waals surface area (Å²) in [6.07, 6.45) is 0.101. The summed E-state index contributed by atoms with van der Waals surface area (Å²) in [7, 11) is 2.78. The molecule has 0 bridgehead atoms. The van der Waals surface area contributed by atoms with Gasteiger partial charge in [0, 0.05) is 6.42 Å². The number of carbonyl (C=O) groups excluding carboxylic acids is 2. The highest BCUT2D eigenvalue weighted by atomic mass is 19.1. The van der Waals surface area contributed by atoms with Gasteiger partial charge in [0.25, 0.3) is 5.91 Å². The van der Waals surface area contributed by atoms with Crippen molar-refractivity contribution in [3.8, 4) is 5.75 Å². The number of anilines is 1. The number of hydrogen-bond acceptors (Lipinski definition) is 5. The molecule has 1 unspecified atom stereocenters. The molecule has 6 nitrogen and oxygen atoms in total. The van der Waals surface area contributed by atoms with Crippen LogP contribution in [0.5, 0.6) is 5.75 Å². The summed E-state index contributed by atoms with van der Waals surface area (Å²) in [5.74, 6) is -2.08. The Balaban J connectivity index is 2.05. The molecule has 1 heterocycles. The van der Waals surface area contributed by atoms with Gasteiger partial charge in [0.15, 0.2) is 0 Å². The normalized spacial score (nSPS) is 16.9. The van der Waals surface area contributed by atoms with E-state index in [1.807, 2.05) is 0 Å². The van der Waals surface area contributed by atoms with Gasteiger partial charge in [-0.05, 0) is 48.0 Å². The highest BCUT2D eigenvalue weighted by Crippen LogP contribution is 2.27. The van der Waals surface area contributed by atoms with Crippen molar-refractivity contribution in [3.05, 3.63) is 59.9 Å². The topological polar surface area (TPSA) is 68.2 Å². The fraction of sp³-hybridized carbons (Fsp3) is 0.211. The number of carbonyl (C=O) groups is 2. The van der Waals surface area contributed by atoms with E-state index >= 15 is 0 Å². The van der Waals surface area contributed by atoms with E-state index < -0.39 is 23.6 Å². The standard InChI is InChI=1S/C19H17FN2O4/c1-25-15-8-6-12(7-9-15)17-11-16(19(24)26-2)18(23)22(21-17)14-5-3-4-13(20)10-14/h3-10,16H,11H2,1-2H3. The van der Waals surface area contributed by atoms with Crippen LogP contribution in [0.1, 0.15) is 12.0 Å². The highest BCUT2D eigenvalue weighted by Gasteiger charge is 2.38. The zero-order valence-electron chi connectivity index (χ0n) is 14.3. The van der Waals surface area contributed by atoms with Gasteiger partial charge in [0.2, 0.25) is 0 Å². The van der Waals surface area contributed by atoms with Crippen LogP contribution in [0, 0.1) is 11.7 Å². The molecular formula is C19H17FN2O4. The molecule has 2 aromatic carbocycles. The van der Waals surface area contributed by atoms with Crippen molar-refractivity contribution < 1.29 is 23.5 Å². The molecule has 0 saturated carbocycles. The fourth-order valence-electron chi connectivity index (χ4n) is 2.72. The third-order valence-electron chi connectivity index (χ3n) is 4.09. The number of halogens is 1. The molecule has 0 spiro atoms. The van der Waals surface area contributed by atoms with E-state index in [0.717, 1.165) is 10.6 Å². The first-order valence-electron chi connectivity index (χ1n) is 7.92. The number of amides is 1. The largest absolute Gasteiger partial charge is 0.497 e. The lowest BCUT2D eigenvalue weighted by Crippen LogP contribution is -2.43. The molecule has 1 amide bonds. The van der Waals surface area contributed by atoms with Crippen molar-refractivity contribution in [2.75, 3.05) is 19.2 Å². The minimum atomic E-state index is -1.04. The van der Waals surface area contributed by atoms with E-state index in [9.17, 15) is 14.0 Å². The van der Waals surface area contributed by atoms with Crippen molar-refractivity contribution >= 4 is 23.3 Å². The SMILES string of the molecule is COC(=O)C1CC(c2ccc(OC)cc2)=NN(c2cccc(F)c2)C1=O. The summed E-state index contributed by atoms with van der Waals surface area (Å²) < 4.78 is 23.5. The number of hydrazone groups is 1. The van der Waals surface area contributed by atoms with Crippen LogP contribution in [0.2, 0.25) is 0 Å². The molecule has 0 fully saturated rings. The molecule has 1 aliphatic rings. The Morgan fingerprint density at radius 2 is 1.92 bits per heavy atom. The van der Waals surface area contributed by atoms with E-state index in [2.05, 4.69) is 5.10 Å². The number of benzene rings is 2. The van der Waals surface area contributed by atoms with Gasteiger partial charge in [0.05, 0.1) is 25.6 Å². The predicted octanol–water partition coefficient (Wildman–Crippen LogP) is 2.76. The molecule has 0 saturated heterocycles. The maximum absolute atomic E-state index is 13.6. The third-order valence-corrected chi connectivity index (χ3v) is 4.09. The summed E-state index contributed by atoms with van der Waals surface area (Å²) in [6, 6.07) is 12.6. The molecule has 3 rings (SSSR count). The Morgan fingerprint density at radius 3 is 2.54 bits per heavy atom. The van der Waals surface area contributed by atoms with E-state index in [0.29, 0.717) is 11.5 Å². The monoisotopic (exact) mass is 356 g/mol. The van der Waals surface area contributed by atoms with E-state index in [4.69, 9.17) is 9.47 Å². The molecule has 7 heteroatoms. The number of ether oxygens (including phenoxy) is 2. The average Bonchev–Trinajstić information content (AvgIpc) is 2.67. The van der Waals surface area contributed by atoms with Crippen molar-refractivity contribution in [1.29, 1.82) is 0 Å². The first kappa shape index (κ1) is 17.6. The van der Waals surface area contributed by atoms with Crippen molar-refractivity contribution in [2.24, 2.45) is 11.0 Å². The Bertz CT molecular complexity index is 864. The molecular weight excluding hydrogens is 339 g/mol. The van der Waals surface area contributed by atoms with Crippen molar-refractivity contribution in [1.82, 2.24) is 0 Å². The van der Waals surface area contributed by atoms with Crippen molar-refractivity contribution in [3.63, 3.8) is 0 Å². The van der Waals surface area contributed by atoms with Crippen LogP contribution in [0.4, 0.5) is 10.1 Å². The Hall–Kier alpha value is -3.22. The zero-order valence-corrected chi connectivity index (χ0v) is 14.3. The van der Waals surface area contributed by atoms with Crippen LogP contribution in [0.3, 0.4) is 0 Å². The van der Waals surface area contributed by atoms with Gasteiger partial charge in [0.1, 0.15) is 17.5 Å². The zero-order chi connectivity index (χ0) is 18.7. The quantitative estimate of drug-likeness (QED) is 0.624. The smallest absolute Gasteiger partial charge is 0.318 e. The molecule has 0 aromatic heterocycles. The second kappa shape index (κ2) is 7.35. The lowest BCUT2D eigenvalue weighted by Gasteiger charge is -2.28. The van der Waals surface area contributed by atoms with Crippen LogP contribution >= 0.6 is 0 Å². The lowest BCUT2D eigenvalue weighted by molar-refractivity contribution is -0.149. The van der Waals surface area contributed by atoms with Gasteiger partial charge in [-0.25, -0.2) is 4.39 Å². The number of nitrogens with zero attached hydrogens (tertiary/aromatic N) is 2. The maximum atomic E-state index is 13.6. The van der Waals surface area contributed by atoms with Crippen LogP contribution in [-0.2, 0) is 14.3 Å². The Labute approximate surface area is 149 Å². The molecule has 134 valence electrons. The summed E-state index contributed by atoms with van der Waals surface area (Å²) >= 11 is 0.